The summed E-state index contributed by atoms with van der Waals surface area (Å²) in [5.74, 6) is 2.07. The van der Waals surface area contributed by atoms with E-state index in [9.17, 15) is 0 Å². The monoisotopic (exact) mass is 311 g/mol. The minimum atomic E-state index is 0.425. The fraction of sp³-hybridized carbons (Fsp3) is 0.444. The topological polar surface area (TPSA) is 58.5 Å². The fourth-order valence-electron chi connectivity index (χ4n) is 2.75. The third-order valence-electron chi connectivity index (χ3n) is 4.49. The Balaban J connectivity index is 1.56. The molecule has 0 spiro atoms. The van der Waals surface area contributed by atoms with Crippen LogP contribution in [0.2, 0.25) is 0 Å². The molecule has 3 rings (SSSR count). The lowest BCUT2D eigenvalue weighted by molar-refractivity contribution is 0.467. The molecule has 1 atom stereocenters. The Morgan fingerprint density at radius 1 is 1.22 bits per heavy atom. The Morgan fingerprint density at radius 3 is 2.74 bits per heavy atom. The van der Waals surface area contributed by atoms with Crippen molar-refractivity contribution in [1.29, 1.82) is 0 Å². The van der Waals surface area contributed by atoms with Crippen LogP contribution in [0.1, 0.15) is 36.1 Å². The van der Waals surface area contributed by atoms with E-state index in [1.807, 2.05) is 19.3 Å². The highest BCUT2D eigenvalue weighted by molar-refractivity contribution is 5.77. The van der Waals surface area contributed by atoms with Gasteiger partial charge in [0.25, 0.3) is 0 Å². The molecule has 0 fully saturated rings. The molecule has 0 unspecified atom stereocenters. The number of aromatic amines is 1. The van der Waals surface area contributed by atoms with Crippen molar-refractivity contribution in [2.24, 2.45) is 0 Å². The Labute approximate surface area is 137 Å². The summed E-state index contributed by atoms with van der Waals surface area (Å²) in [4.78, 5) is 12.3. The highest BCUT2D eigenvalue weighted by Gasteiger charge is 2.07. The zero-order chi connectivity index (χ0) is 16.4. The van der Waals surface area contributed by atoms with Crippen LogP contribution in [-0.2, 0) is 13.1 Å². The first-order valence-corrected chi connectivity index (χ1v) is 8.20. The van der Waals surface area contributed by atoms with Crippen molar-refractivity contribution in [3.8, 4) is 0 Å². The van der Waals surface area contributed by atoms with E-state index >= 15 is 0 Å². The number of rotatable bonds is 6. The Morgan fingerprint density at radius 2 is 2.00 bits per heavy atom. The summed E-state index contributed by atoms with van der Waals surface area (Å²) < 4.78 is 2.19. The fourth-order valence-corrected chi connectivity index (χ4v) is 2.75. The highest BCUT2D eigenvalue weighted by Crippen LogP contribution is 2.17. The van der Waals surface area contributed by atoms with Crippen LogP contribution in [0.3, 0.4) is 0 Å². The lowest BCUT2D eigenvalue weighted by Gasteiger charge is -2.13. The second-order valence-corrected chi connectivity index (χ2v) is 6.38. The third kappa shape index (κ3) is 3.62. The van der Waals surface area contributed by atoms with Crippen LogP contribution in [0.5, 0.6) is 0 Å². The van der Waals surface area contributed by atoms with Crippen molar-refractivity contribution in [2.45, 2.75) is 53.2 Å². The van der Waals surface area contributed by atoms with Gasteiger partial charge in [-0.25, -0.2) is 9.97 Å². The number of hydrogen-bond acceptors (Lipinski definition) is 3. The highest BCUT2D eigenvalue weighted by atomic mass is 15.1. The van der Waals surface area contributed by atoms with E-state index < -0.39 is 0 Å². The van der Waals surface area contributed by atoms with Crippen LogP contribution in [0, 0.1) is 20.8 Å². The van der Waals surface area contributed by atoms with Gasteiger partial charge >= 0.3 is 0 Å². The Bertz CT molecular complexity index is 760. The Hall–Kier alpha value is -2.14. The maximum atomic E-state index is 4.68. The molecular formula is C18H25N5. The largest absolute Gasteiger partial charge is 0.341 e. The molecule has 122 valence electrons. The molecule has 2 heterocycles. The molecule has 0 aliphatic rings. The lowest BCUT2D eigenvalue weighted by Crippen LogP contribution is -2.27. The maximum Gasteiger partial charge on any atom is 0.121 e. The van der Waals surface area contributed by atoms with Gasteiger partial charge in [-0.3, -0.25) is 0 Å². The SMILES string of the molecule is Cc1cc2nc(CN[C@H](C)CCn3ccnc3C)[nH]c2cc1C. The minimum absolute atomic E-state index is 0.425. The van der Waals surface area contributed by atoms with Gasteiger partial charge in [-0.05, 0) is 57.4 Å². The number of aryl methyl sites for hydroxylation is 4. The summed E-state index contributed by atoms with van der Waals surface area (Å²) in [6.45, 7) is 10.3. The van der Waals surface area contributed by atoms with Crippen LogP contribution in [0.4, 0.5) is 0 Å². The van der Waals surface area contributed by atoms with E-state index in [2.05, 4.69) is 57.7 Å². The summed E-state index contributed by atoms with van der Waals surface area (Å²) in [6, 6.07) is 4.75. The van der Waals surface area contributed by atoms with Crippen molar-refractivity contribution in [2.75, 3.05) is 0 Å². The average Bonchev–Trinajstić information content (AvgIpc) is 3.09. The second-order valence-electron chi connectivity index (χ2n) is 6.38. The van der Waals surface area contributed by atoms with Crippen molar-refractivity contribution < 1.29 is 0 Å². The van der Waals surface area contributed by atoms with Crippen LogP contribution < -0.4 is 5.32 Å². The van der Waals surface area contributed by atoms with Crippen molar-refractivity contribution in [3.05, 3.63) is 47.3 Å². The van der Waals surface area contributed by atoms with Gasteiger partial charge in [-0.1, -0.05) is 0 Å². The molecule has 3 aromatic rings. The number of fused-ring (bicyclic) bond motifs is 1. The molecule has 2 N–H and O–H groups in total. The first-order chi connectivity index (χ1) is 11.0. The van der Waals surface area contributed by atoms with Crippen molar-refractivity contribution >= 4 is 11.0 Å². The standard InChI is InChI=1S/C18H25N5/c1-12-9-16-17(10-13(12)2)22-18(21-16)11-20-14(3)5-7-23-8-6-19-15(23)4/h6,8-10,14,20H,5,7,11H2,1-4H3,(H,21,22)/t14-/m1/s1. The number of H-pyrrole nitrogens is 1. The average molecular weight is 311 g/mol. The molecule has 1 aromatic carbocycles. The zero-order valence-electron chi connectivity index (χ0n) is 14.3. The zero-order valence-corrected chi connectivity index (χ0v) is 14.3. The minimum Gasteiger partial charge on any atom is -0.341 e. The Kier molecular flexibility index (Phi) is 4.48. The van der Waals surface area contributed by atoms with Crippen LogP contribution in [0.15, 0.2) is 24.5 Å². The first-order valence-electron chi connectivity index (χ1n) is 8.20. The van der Waals surface area contributed by atoms with E-state index in [1.165, 1.54) is 11.1 Å². The van der Waals surface area contributed by atoms with Gasteiger partial charge in [0.05, 0.1) is 17.6 Å². The summed E-state index contributed by atoms with van der Waals surface area (Å²) in [7, 11) is 0. The number of benzene rings is 1. The predicted molar refractivity (Wildman–Crippen MR) is 93.5 cm³/mol. The summed E-state index contributed by atoms with van der Waals surface area (Å²) in [6.07, 6.45) is 4.95. The van der Waals surface area contributed by atoms with Crippen molar-refractivity contribution in [1.82, 2.24) is 24.8 Å². The lowest BCUT2D eigenvalue weighted by atomic mass is 10.1. The number of aromatic nitrogens is 4. The quantitative estimate of drug-likeness (QED) is 0.734. The number of hydrogen-bond donors (Lipinski definition) is 2. The summed E-state index contributed by atoms with van der Waals surface area (Å²) in [5, 5.41) is 3.54. The van der Waals surface area contributed by atoms with Gasteiger partial charge in [0, 0.05) is 25.0 Å². The normalized spacial score (nSPS) is 12.9. The maximum absolute atomic E-state index is 4.68. The van der Waals surface area contributed by atoms with E-state index in [0.717, 1.165) is 42.2 Å². The molecule has 5 heteroatoms. The molecule has 0 aliphatic heterocycles. The molecule has 5 nitrogen and oxygen atoms in total. The van der Waals surface area contributed by atoms with Crippen LogP contribution in [0.25, 0.3) is 11.0 Å². The van der Waals surface area contributed by atoms with E-state index in [0.29, 0.717) is 6.04 Å². The molecule has 0 saturated carbocycles. The predicted octanol–water partition coefficient (Wildman–Crippen LogP) is 3.25. The summed E-state index contributed by atoms with van der Waals surface area (Å²) in [5.41, 5.74) is 4.75. The number of nitrogens with zero attached hydrogens (tertiary/aromatic N) is 3. The van der Waals surface area contributed by atoms with Crippen LogP contribution >= 0.6 is 0 Å². The van der Waals surface area contributed by atoms with Gasteiger partial charge in [-0.2, -0.15) is 0 Å². The molecule has 0 saturated heterocycles. The van der Waals surface area contributed by atoms with Gasteiger partial charge in [0.1, 0.15) is 11.6 Å². The third-order valence-corrected chi connectivity index (χ3v) is 4.49. The van der Waals surface area contributed by atoms with E-state index in [4.69, 9.17) is 0 Å². The van der Waals surface area contributed by atoms with Gasteiger partial charge in [-0.15, -0.1) is 0 Å². The van der Waals surface area contributed by atoms with Gasteiger partial charge in [0.15, 0.2) is 0 Å². The van der Waals surface area contributed by atoms with Crippen molar-refractivity contribution in [3.63, 3.8) is 0 Å². The molecular weight excluding hydrogens is 286 g/mol. The molecule has 0 amide bonds. The second kappa shape index (κ2) is 6.54. The molecule has 0 radical (unpaired) electrons. The first kappa shape index (κ1) is 15.7. The smallest absolute Gasteiger partial charge is 0.121 e. The van der Waals surface area contributed by atoms with Gasteiger partial charge in [0.2, 0.25) is 0 Å². The van der Waals surface area contributed by atoms with Crippen LogP contribution in [-0.4, -0.2) is 25.6 Å². The van der Waals surface area contributed by atoms with E-state index in [1.54, 1.807) is 0 Å². The molecule has 23 heavy (non-hydrogen) atoms. The molecule has 2 aromatic heterocycles. The number of imidazole rings is 2. The molecule has 0 aliphatic carbocycles. The summed E-state index contributed by atoms with van der Waals surface area (Å²) >= 11 is 0. The van der Waals surface area contributed by atoms with E-state index in [-0.39, 0.29) is 0 Å². The number of nitrogens with one attached hydrogen (secondary N) is 2. The van der Waals surface area contributed by atoms with Gasteiger partial charge < -0.3 is 14.9 Å². The molecule has 0 bridgehead atoms.